The third kappa shape index (κ3) is 2.21. The molecule has 0 bridgehead atoms. The van der Waals surface area contributed by atoms with Crippen LogP contribution in [-0.4, -0.2) is 24.1 Å². The topological polar surface area (TPSA) is 52.6 Å². The summed E-state index contributed by atoms with van der Waals surface area (Å²) in [5, 5.41) is 0. The summed E-state index contributed by atoms with van der Waals surface area (Å²) in [6, 6.07) is 0. The maximum absolute atomic E-state index is 11.7. The number of rotatable bonds is 3. The molecule has 0 radical (unpaired) electrons. The Hall–Kier alpha value is -1.32. The lowest BCUT2D eigenvalue weighted by atomic mass is 9.91. The van der Waals surface area contributed by atoms with Crippen molar-refractivity contribution in [3.8, 4) is 0 Å². The molecule has 1 heterocycles. The molecule has 1 saturated heterocycles. The van der Waals surface area contributed by atoms with E-state index in [4.69, 9.17) is 9.47 Å². The molecule has 0 N–H and O–H groups in total. The van der Waals surface area contributed by atoms with E-state index in [0.29, 0.717) is 5.92 Å². The molecule has 2 rings (SSSR count). The highest BCUT2D eigenvalue weighted by Gasteiger charge is 2.51. The Morgan fingerprint density at radius 3 is 2.94 bits per heavy atom. The van der Waals surface area contributed by atoms with Crippen LogP contribution in [0.1, 0.15) is 26.7 Å². The van der Waals surface area contributed by atoms with Crippen molar-refractivity contribution < 1.29 is 19.1 Å². The number of esters is 2. The fourth-order valence-electron chi connectivity index (χ4n) is 3.02. The molecule has 1 aliphatic carbocycles. The van der Waals surface area contributed by atoms with Crippen LogP contribution >= 0.6 is 0 Å². The Labute approximate surface area is 101 Å². The number of fused-ring (bicyclic) bond motifs is 1. The molecule has 0 amide bonds. The standard InChI is InChI=1S/C13H18O4/c1-4-11(14)16-8(3)12-9-5-7(2)6-10(9)13(15)17-12/h4,7-10,12H,1,5-6H2,2-3H3. The molecule has 94 valence electrons. The molecule has 1 saturated carbocycles. The van der Waals surface area contributed by atoms with Gasteiger partial charge in [0.25, 0.3) is 0 Å². The van der Waals surface area contributed by atoms with Crippen LogP contribution in [0.15, 0.2) is 12.7 Å². The van der Waals surface area contributed by atoms with Crippen molar-refractivity contribution in [1.29, 1.82) is 0 Å². The second-order valence-corrected chi connectivity index (χ2v) is 5.09. The van der Waals surface area contributed by atoms with Gasteiger partial charge in [0.05, 0.1) is 5.92 Å². The van der Waals surface area contributed by atoms with Gasteiger partial charge in [-0.25, -0.2) is 4.79 Å². The smallest absolute Gasteiger partial charge is 0.330 e. The number of carbonyl (C=O) groups is 2. The summed E-state index contributed by atoms with van der Waals surface area (Å²) >= 11 is 0. The van der Waals surface area contributed by atoms with E-state index in [1.54, 1.807) is 6.92 Å². The van der Waals surface area contributed by atoms with E-state index in [1.807, 2.05) is 0 Å². The molecule has 4 nitrogen and oxygen atoms in total. The Morgan fingerprint density at radius 1 is 1.59 bits per heavy atom. The first-order valence-corrected chi connectivity index (χ1v) is 6.06. The fourth-order valence-corrected chi connectivity index (χ4v) is 3.02. The Morgan fingerprint density at radius 2 is 2.29 bits per heavy atom. The number of cyclic esters (lactones) is 1. The van der Waals surface area contributed by atoms with Gasteiger partial charge in [-0.15, -0.1) is 0 Å². The summed E-state index contributed by atoms with van der Waals surface area (Å²) in [6.45, 7) is 7.26. The van der Waals surface area contributed by atoms with Gasteiger partial charge in [-0.05, 0) is 25.7 Å². The van der Waals surface area contributed by atoms with Gasteiger partial charge in [-0.2, -0.15) is 0 Å². The first-order valence-electron chi connectivity index (χ1n) is 6.06. The fraction of sp³-hybridized carbons (Fsp3) is 0.692. The zero-order valence-corrected chi connectivity index (χ0v) is 10.2. The van der Waals surface area contributed by atoms with Gasteiger partial charge in [0.15, 0.2) is 0 Å². The van der Waals surface area contributed by atoms with E-state index in [1.165, 1.54) is 0 Å². The van der Waals surface area contributed by atoms with Gasteiger partial charge in [0, 0.05) is 12.0 Å². The summed E-state index contributed by atoms with van der Waals surface area (Å²) in [6.07, 6.45) is 2.30. The molecule has 1 aliphatic heterocycles. The largest absolute Gasteiger partial charge is 0.458 e. The maximum Gasteiger partial charge on any atom is 0.330 e. The monoisotopic (exact) mass is 238 g/mol. The summed E-state index contributed by atoms with van der Waals surface area (Å²) < 4.78 is 10.5. The molecule has 5 atom stereocenters. The molecule has 2 fully saturated rings. The van der Waals surface area contributed by atoms with Gasteiger partial charge in [-0.3, -0.25) is 4.79 Å². The first kappa shape index (κ1) is 12.1. The second kappa shape index (κ2) is 4.51. The van der Waals surface area contributed by atoms with Crippen LogP contribution in [0.2, 0.25) is 0 Å². The van der Waals surface area contributed by atoms with E-state index < -0.39 is 12.1 Å². The van der Waals surface area contributed by atoms with Crippen molar-refractivity contribution in [2.75, 3.05) is 0 Å². The van der Waals surface area contributed by atoms with Crippen LogP contribution in [0, 0.1) is 17.8 Å². The molecule has 17 heavy (non-hydrogen) atoms. The lowest BCUT2D eigenvalue weighted by Crippen LogP contribution is -2.33. The lowest BCUT2D eigenvalue weighted by Gasteiger charge is -2.23. The molecular weight excluding hydrogens is 220 g/mol. The van der Waals surface area contributed by atoms with Crippen molar-refractivity contribution >= 4 is 11.9 Å². The average Bonchev–Trinajstić information content (AvgIpc) is 2.78. The van der Waals surface area contributed by atoms with Crippen molar-refractivity contribution in [1.82, 2.24) is 0 Å². The van der Waals surface area contributed by atoms with Gasteiger partial charge in [0.1, 0.15) is 12.2 Å². The minimum Gasteiger partial charge on any atom is -0.458 e. The summed E-state index contributed by atoms with van der Waals surface area (Å²) in [5.74, 6) is 0.140. The van der Waals surface area contributed by atoms with E-state index >= 15 is 0 Å². The predicted octanol–water partition coefficient (Wildman–Crippen LogP) is 1.69. The second-order valence-electron chi connectivity index (χ2n) is 5.09. The third-order valence-corrected chi connectivity index (χ3v) is 3.76. The lowest BCUT2D eigenvalue weighted by molar-refractivity contribution is -0.158. The zero-order valence-electron chi connectivity index (χ0n) is 10.2. The number of carbonyl (C=O) groups excluding carboxylic acids is 2. The molecule has 0 aromatic heterocycles. The first-order chi connectivity index (χ1) is 8.02. The molecular formula is C13H18O4. The average molecular weight is 238 g/mol. The number of ether oxygens (including phenoxy) is 2. The third-order valence-electron chi connectivity index (χ3n) is 3.76. The van der Waals surface area contributed by atoms with Crippen LogP contribution in [-0.2, 0) is 19.1 Å². The van der Waals surface area contributed by atoms with Crippen molar-refractivity contribution in [3.63, 3.8) is 0 Å². The predicted molar refractivity (Wildman–Crippen MR) is 61.0 cm³/mol. The van der Waals surface area contributed by atoms with Crippen LogP contribution in [0.25, 0.3) is 0 Å². The summed E-state index contributed by atoms with van der Waals surface area (Å²) in [4.78, 5) is 22.8. The van der Waals surface area contributed by atoms with Crippen LogP contribution in [0.4, 0.5) is 0 Å². The Bertz CT molecular complexity index is 349. The SMILES string of the molecule is C=CC(=O)OC(C)C1OC(=O)C2CC(C)CC21. The highest BCUT2D eigenvalue weighted by Crippen LogP contribution is 2.45. The van der Waals surface area contributed by atoms with E-state index in [2.05, 4.69) is 13.5 Å². The van der Waals surface area contributed by atoms with Gasteiger partial charge >= 0.3 is 11.9 Å². The number of hydrogen-bond acceptors (Lipinski definition) is 4. The highest BCUT2D eigenvalue weighted by molar-refractivity contribution is 5.81. The van der Waals surface area contributed by atoms with Crippen LogP contribution in [0.5, 0.6) is 0 Å². The normalized spacial score (nSPS) is 37.2. The Balaban J connectivity index is 2.04. The van der Waals surface area contributed by atoms with Crippen LogP contribution < -0.4 is 0 Å². The molecule has 4 heteroatoms. The Kier molecular flexibility index (Phi) is 3.22. The minimum atomic E-state index is -0.469. The molecule has 0 aromatic carbocycles. The number of hydrogen-bond donors (Lipinski definition) is 0. The van der Waals surface area contributed by atoms with Crippen molar-refractivity contribution in [2.45, 2.75) is 38.9 Å². The van der Waals surface area contributed by atoms with Gasteiger partial charge in [0.2, 0.25) is 0 Å². The minimum absolute atomic E-state index is 0.000108. The highest BCUT2D eigenvalue weighted by atomic mass is 16.6. The molecule has 2 aliphatic rings. The maximum atomic E-state index is 11.7. The van der Waals surface area contributed by atoms with E-state index in [0.717, 1.165) is 18.9 Å². The zero-order chi connectivity index (χ0) is 12.6. The van der Waals surface area contributed by atoms with E-state index in [9.17, 15) is 9.59 Å². The van der Waals surface area contributed by atoms with Crippen LogP contribution in [0.3, 0.4) is 0 Å². The van der Waals surface area contributed by atoms with Gasteiger partial charge < -0.3 is 9.47 Å². The van der Waals surface area contributed by atoms with E-state index in [-0.39, 0.29) is 23.9 Å². The van der Waals surface area contributed by atoms with Crippen molar-refractivity contribution in [2.24, 2.45) is 17.8 Å². The summed E-state index contributed by atoms with van der Waals surface area (Å²) in [5.41, 5.74) is 0. The van der Waals surface area contributed by atoms with Crippen molar-refractivity contribution in [3.05, 3.63) is 12.7 Å². The van der Waals surface area contributed by atoms with Gasteiger partial charge in [-0.1, -0.05) is 13.5 Å². The molecule has 0 aromatic rings. The molecule has 0 spiro atoms. The quantitative estimate of drug-likeness (QED) is 0.554. The summed E-state index contributed by atoms with van der Waals surface area (Å²) in [7, 11) is 0. The molecule has 5 unspecified atom stereocenters.